The van der Waals surface area contributed by atoms with Crippen molar-refractivity contribution in [2.75, 3.05) is 6.54 Å². The molecule has 0 radical (unpaired) electrons. The lowest BCUT2D eigenvalue weighted by atomic mass is 9.95. The summed E-state index contributed by atoms with van der Waals surface area (Å²) in [6.07, 6.45) is 0.730. The van der Waals surface area contributed by atoms with Crippen LogP contribution >= 0.6 is 0 Å². The van der Waals surface area contributed by atoms with Crippen LogP contribution in [0.2, 0.25) is 0 Å². The molecule has 1 aliphatic heterocycles. The maximum Gasteiger partial charge on any atom is 0.121 e. The van der Waals surface area contributed by atoms with E-state index in [9.17, 15) is 0 Å². The molecule has 3 nitrogen and oxygen atoms in total. The predicted molar refractivity (Wildman–Crippen MR) is 39.2 cm³/mol. The van der Waals surface area contributed by atoms with E-state index in [1.165, 1.54) is 0 Å². The summed E-state index contributed by atoms with van der Waals surface area (Å²) in [5.41, 5.74) is 0. The van der Waals surface area contributed by atoms with Crippen LogP contribution in [0.4, 0.5) is 0 Å². The SMILES string of the molecule is CC(C)C1CC(=N)N(O)C1. The molecule has 1 heterocycles. The van der Waals surface area contributed by atoms with Crippen LogP contribution in [-0.4, -0.2) is 22.7 Å². The first-order chi connectivity index (χ1) is 4.61. The molecule has 1 rings (SSSR count). The molecular weight excluding hydrogens is 128 g/mol. The molecule has 0 aliphatic carbocycles. The quantitative estimate of drug-likeness (QED) is 0.580. The molecule has 10 heavy (non-hydrogen) atoms. The molecule has 0 saturated carbocycles. The first kappa shape index (κ1) is 7.54. The van der Waals surface area contributed by atoms with Gasteiger partial charge in [0.15, 0.2) is 0 Å². The van der Waals surface area contributed by atoms with Crippen molar-refractivity contribution in [1.82, 2.24) is 5.06 Å². The van der Waals surface area contributed by atoms with Gasteiger partial charge in [-0.05, 0) is 11.8 Å². The summed E-state index contributed by atoms with van der Waals surface area (Å²) in [4.78, 5) is 0. The van der Waals surface area contributed by atoms with Crippen molar-refractivity contribution in [2.24, 2.45) is 11.8 Å². The molecule has 0 amide bonds. The van der Waals surface area contributed by atoms with E-state index in [1.807, 2.05) is 0 Å². The van der Waals surface area contributed by atoms with Crippen LogP contribution in [0.25, 0.3) is 0 Å². The largest absolute Gasteiger partial charge is 0.287 e. The molecule has 0 bridgehead atoms. The third-order valence-corrected chi connectivity index (χ3v) is 2.12. The Morgan fingerprint density at radius 3 is 2.50 bits per heavy atom. The van der Waals surface area contributed by atoms with E-state index >= 15 is 0 Å². The van der Waals surface area contributed by atoms with E-state index in [-0.39, 0.29) is 0 Å². The van der Waals surface area contributed by atoms with Crippen molar-refractivity contribution in [2.45, 2.75) is 20.3 Å². The van der Waals surface area contributed by atoms with Gasteiger partial charge in [0, 0.05) is 6.42 Å². The highest BCUT2D eigenvalue weighted by Gasteiger charge is 2.27. The monoisotopic (exact) mass is 142 g/mol. The average molecular weight is 142 g/mol. The van der Waals surface area contributed by atoms with E-state index in [0.717, 1.165) is 11.5 Å². The van der Waals surface area contributed by atoms with Crippen LogP contribution in [0.1, 0.15) is 20.3 Å². The van der Waals surface area contributed by atoms with Crippen molar-refractivity contribution < 1.29 is 5.21 Å². The number of nitrogens with zero attached hydrogens (tertiary/aromatic N) is 1. The molecule has 1 unspecified atom stereocenters. The topological polar surface area (TPSA) is 47.3 Å². The zero-order valence-electron chi connectivity index (χ0n) is 6.46. The van der Waals surface area contributed by atoms with Crippen molar-refractivity contribution in [3.8, 4) is 0 Å². The highest BCUT2D eigenvalue weighted by molar-refractivity contribution is 5.80. The Hall–Kier alpha value is -0.570. The Labute approximate surface area is 61.1 Å². The molecule has 1 fully saturated rings. The Morgan fingerprint density at radius 2 is 2.30 bits per heavy atom. The zero-order chi connectivity index (χ0) is 7.72. The number of hydroxylamine groups is 2. The second-order valence-corrected chi connectivity index (χ2v) is 3.24. The lowest BCUT2D eigenvalue weighted by Gasteiger charge is -2.11. The molecule has 58 valence electrons. The molecule has 1 saturated heterocycles. The maximum absolute atomic E-state index is 9.03. The molecule has 0 spiro atoms. The fourth-order valence-corrected chi connectivity index (χ4v) is 1.20. The Kier molecular flexibility index (Phi) is 1.94. The van der Waals surface area contributed by atoms with Gasteiger partial charge >= 0.3 is 0 Å². The lowest BCUT2D eigenvalue weighted by molar-refractivity contribution is -0.0141. The average Bonchev–Trinajstić information content (AvgIpc) is 2.13. The summed E-state index contributed by atoms with van der Waals surface area (Å²) in [6.45, 7) is 4.88. The fraction of sp³-hybridized carbons (Fsp3) is 0.857. The first-order valence-electron chi connectivity index (χ1n) is 3.65. The third-order valence-electron chi connectivity index (χ3n) is 2.12. The summed E-state index contributed by atoms with van der Waals surface area (Å²) >= 11 is 0. The van der Waals surface area contributed by atoms with Crippen molar-refractivity contribution >= 4 is 5.84 Å². The maximum atomic E-state index is 9.03. The van der Waals surface area contributed by atoms with Crippen LogP contribution in [0.3, 0.4) is 0 Å². The molecule has 2 N–H and O–H groups in total. The standard InChI is InChI=1S/C7H14N2O/c1-5(2)6-3-7(8)9(10)4-6/h5-6,8,10H,3-4H2,1-2H3. The zero-order valence-corrected chi connectivity index (χ0v) is 6.46. The molecule has 3 heteroatoms. The van der Waals surface area contributed by atoms with E-state index in [0.29, 0.717) is 24.2 Å². The number of amidine groups is 1. The second kappa shape index (κ2) is 2.58. The van der Waals surface area contributed by atoms with Gasteiger partial charge in [-0.2, -0.15) is 0 Å². The van der Waals surface area contributed by atoms with Crippen molar-refractivity contribution in [1.29, 1.82) is 5.41 Å². The minimum absolute atomic E-state index is 0.360. The number of rotatable bonds is 1. The van der Waals surface area contributed by atoms with Gasteiger partial charge in [0.05, 0.1) is 6.54 Å². The predicted octanol–water partition coefficient (Wildman–Crippen LogP) is 1.33. The van der Waals surface area contributed by atoms with Crippen molar-refractivity contribution in [3.63, 3.8) is 0 Å². The van der Waals surface area contributed by atoms with Gasteiger partial charge in [0.25, 0.3) is 0 Å². The van der Waals surface area contributed by atoms with Crippen LogP contribution in [0, 0.1) is 17.2 Å². The molecule has 0 aromatic heterocycles. The van der Waals surface area contributed by atoms with Crippen LogP contribution in [0.15, 0.2) is 0 Å². The van der Waals surface area contributed by atoms with E-state index in [4.69, 9.17) is 10.6 Å². The van der Waals surface area contributed by atoms with E-state index in [1.54, 1.807) is 0 Å². The first-order valence-corrected chi connectivity index (χ1v) is 3.65. The van der Waals surface area contributed by atoms with Crippen LogP contribution < -0.4 is 0 Å². The van der Waals surface area contributed by atoms with Gasteiger partial charge in [-0.25, -0.2) is 5.06 Å². The van der Waals surface area contributed by atoms with Gasteiger partial charge < -0.3 is 0 Å². The van der Waals surface area contributed by atoms with Crippen molar-refractivity contribution in [3.05, 3.63) is 0 Å². The van der Waals surface area contributed by atoms with Crippen LogP contribution in [-0.2, 0) is 0 Å². The summed E-state index contributed by atoms with van der Waals surface area (Å²) in [7, 11) is 0. The summed E-state index contributed by atoms with van der Waals surface area (Å²) in [6, 6.07) is 0. The summed E-state index contributed by atoms with van der Waals surface area (Å²) < 4.78 is 0. The number of hydrogen-bond acceptors (Lipinski definition) is 2. The highest BCUT2D eigenvalue weighted by atomic mass is 16.5. The second-order valence-electron chi connectivity index (χ2n) is 3.24. The summed E-state index contributed by atoms with van der Waals surface area (Å²) in [5.74, 6) is 1.40. The van der Waals surface area contributed by atoms with E-state index < -0.39 is 0 Å². The summed E-state index contributed by atoms with van der Waals surface area (Å²) in [5, 5.41) is 17.3. The smallest absolute Gasteiger partial charge is 0.121 e. The molecule has 1 aliphatic rings. The minimum atomic E-state index is 0.360. The normalized spacial score (nSPS) is 26.6. The van der Waals surface area contributed by atoms with Gasteiger partial charge in [-0.1, -0.05) is 13.8 Å². The van der Waals surface area contributed by atoms with Gasteiger partial charge in [-0.3, -0.25) is 10.6 Å². The Bertz CT molecular complexity index is 145. The Balaban J connectivity index is 2.49. The minimum Gasteiger partial charge on any atom is -0.287 e. The lowest BCUT2D eigenvalue weighted by Crippen LogP contribution is -2.20. The van der Waals surface area contributed by atoms with Gasteiger partial charge in [0.2, 0.25) is 0 Å². The van der Waals surface area contributed by atoms with Gasteiger partial charge in [-0.15, -0.1) is 0 Å². The Morgan fingerprint density at radius 1 is 1.70 bits per heavy atom. The fourth-order valence-electron chi connectivity index (χ4n) is 1.20. The van der Waals surface area contributed by atoms with E-state index in [2.05, 4.69) is 13.8 Å². The third kappa shape index (κ3) is 1.29. The highest BCUT2D eigenvalue weighted by Crippen LogP contribution is 2.23. The molecular formula is C7H14N2O. The number of hydrogen-bond donors (Lipinski definition) is 2. The van der Waals surface area contributed by atoms with Gasteiger partial charge in [0.1, 0.15) is 5.84 Å². The molecule has 1 atom stereocenters. The molecule has 0 aromatic rings. The molecule has 0 aromatic carbocycles. The van der Waals surface area contributed by atoms with Crippen LogP contribution in [0.5, 0.6) is 0 Å². The number of nitrogens with one attached hydrogen (secondary N) is 1.